The molecule has 0 aliphatic carbocycles. The van der Waals surface area contributed by atoms with E-state index >= 15 is 0 Å². The molecule has 4 nitrogen and oxygen atoms in total. The van der Waals surface area contributed by atoms with E-state index < -0.39 is 0 Å². The smallest absolute Gasteiger partial charge is 0.256 e. The van der Waals surface area contributed by atoms with Crippen LogP contribution in [0.2, 0.25) is 0 Å². The largest absolute Gasteiger partial charge is 0.508 e. The molecule has 0 fully saturated rings. The Labute approximate surface area is 193 Å². The first-order valence-electron chi connectivity index (χ1n) is 11.1. The van der Waals surface area contributed by atoms with Gasteiger partial charge in [-0.05, 0) is 47.7 Å². The van der Waals surface area contributed by atoms with Gasteiger partial charge in [0, 0.05) is 5.56 Å². The molecular weight excluding hydrogens is 408 g/mol. The fraction of sp³-hybridized carbons (Fsp3) is 0.103. The number of benzene rings is 4. The molecule has 1 amide bonds. The summed E-state index contributed by atoms with van der Waals surface area (Å²) in [7, 11) is 0. The number of anilines is 1. The van der Waals surface area contributed by atoms with E-state index in [2.05, 4.69) is 12.1 Å². The van der Waals surface area contributed by atoms with Gasteiger partial charge >= 0.3 is 0 Å². The minimum atomic E-state index is -0.329. The van der Waals surface area contributed by atoms with Crippen LogP contribution in [0.15, 0.2) is 114 Å². The first-order valence-corrected chi connectivity index (χ1v) is 11.1. The minimum Gasteiger partial charge on any atom is -0.508 e. The van der Waals surface area contributed by atoms with Crippen molar-refractivity contribution < 1.29 is 9.90 Å². The number of rotatable bonds is 6. The number of para-hydroxylation sites is 1. The van der Waals surface area contributed by atoms with Gasteiger partial charge in [0.05, 0.1) is 17.3 Å². The van der Waals surface area contributed by atoms with Gasteiger partial charge in [0.15, 0.2) is 0 Å². The van der Waals surface area contributed by atoms with E-state index in [1.54, 1.807) is 18.2 Å². The van der Waals surface area contributed by atoms with Gasteiger partial charge in [-0.25, -0.2) is 0 Å². The zero-order valence-corrected chi connectivity index (χ0v) is 18.1. The Bertz CT molecular complexity index is 1300. The Balaban J connectivity index is 1.54. The summed E-state index contributed by atoms with van der Waals surface area (Å²) in [5, 5.41) is 16.4. The maximum Gasteiger partial charge on any atom is 0.256 e. The van der Waals surface area contributed by atoms with Gasteiger partial charge in [-0.15, -0.1) is 0 Å². The van der Waals surface area contributed by atoms with Crippen molar-refractivity contribution in [3.05, 3.63) is 120 Å². The van der Waals surface area contributed by atoms with Crippen LogP contribution in [0.5, 0.6) is 5.75 Å². The van der Waals surface area contributed by atoms with Gasteiger partial charge in [0.25, 0.3) is 5.91 Å². The van der Waals surface area contributed by atoms with Crippen molar-refractivity contribution in [1.29, 1.82) is 0 Å². The molecule has 0 radical (unpaired) electrons. The number of carbonyl (C=O) groups excluding carboxylic acids is 1. The molecule has 0 saturated heterocycles. The number of hydrazone groups is 1. The summed E-state index contributed by atoms with van der Waals surface area (Å²) in [5.74, 6) is -0.175. The monoisotopic (exact) mass is 432 g/mol. The van der Waals surface area contributed by atoms with Crippen molar-refractivity contribution in [3.63, 3.8) is 0 Å². The number of aryl methyl sites for hydroxylation is 1. The van der Waals surface area contributed by atoms with Crippen LogP contribution < -0.4 is 5.01 Å². The zero-order valence-electron chi connectivity index (χ0n) is 18.1. The summed E-state index contributed by atoms with van der Waals surface area (Å²) in [6, 6.07) is 34.9. The van der Waals surface area contributed by atoms with Gasteiger partial charge in [-0.2, -0.15) is 10.1 Å². The number of phenols is 1. The lowest BCUT2D eigenvalue weighted by molar-refractivity contribution is -0.119. The molecule has 4 heteroatoms. The summed E-state index contributed by atoms with van der Waals surface area (Å²) in [6.07, 6.45) is 1.48. The van der Waals surface area contributed by atoms with Crippen LogP contribution in [-0.4, -0.2) is 16.7 Å². The van der Waals surface area contributed by atoms with Crippen molar-refractivity contribution in [3.8, 4) is 16.9 Å². The molecule has 5 rings (SSSR count). The quantitative estimate of drug-likeness (QED) is 0.403. The molecule has 0 spiro atoms. The van der Waals surface area contributed by atoms with Crippen molar-refractivity contribution in [2.24, 2.45) is 11.0 Å². The lowest BCUT2D eigenvalue weighted by Crippen LogP contribution is -2.28. The average Bonchev–Trinajstić information content (AvgIpc) is 3.20. The van der Waals surface area contributed by atoms with Gasteiger partial charge < -0.3 is 5.11 Å². The molecular formula is C29H24N2O2. The van der Waals surface area contributed by atoms with Gasteiger partial charge in [-0.3, -0.25) is 4.79 Å². The first kappa shape index (κ1) is 20.7. The number of hydrogen-bond acceptors (Lipinski definition) is 3. The van der Waals surface area contributed by atoms with E-state index in [0.717, 1.165) is 28.8 Å². The molecule has 4 aromatic rings. The van der Waals surface area contributed by atoms with Crippen molar-refractivity contribution >= 4 is 17.3 Å². The highest BCUT2D eigenvalue weighted by Crippen LogP contribution is 2.37. The maximum absolute atomic E-state index is 13.7. The summed E-state index contributed by atoms with van der Waals surface area (Å²) in [6.45, 7) is 0. The number of nitrogens with zero attached hydrogens (tertiary/aromatic N) is 2. The minimum absolute atomic E-state index is 0.0302. The zero-order chi connectivity index (χ0) is 22.6. The third-order valence-corrected chi connectivity index (χ3v) is 5.97. The molecule has 0 aromatic heterocycles. The second-order valence-electron chi connectivity index (χ2n) is 8.15. The van der Waals surface area contributed by atoms with Crippen LogP contribution in [0, 0.1) is 5.92 Å². The lowest BCUT2D eigenvalue weighted by atomic mass is 9.91. The Morgan fingerprint density at radius 2 is 1.42 bits per heavy atom. The molecule has 1 N–H and O–H groups in total. The summed E-state index contributed by atoms with van der Waals surface area (Å²) < 4.78 is 0. The van der Waals surface area contributed by atoms with Gasteiger partial charge in [0.1, 0.15) is 5.75 Å². The number of aromatic hydroxyl groups is 1. The van der Waals surface area contributed by atoms with E-state index in [-0.39, 0.29) is 17.6 Å². The van der Waals surface area contributed by atoms with Gasteiger partial charge in [0.2, 0.25) is 0 Å². The number of hydrogen-bond donors (Lipinski definition) is 1. The highest BCUT2D eigenvalue weighted by molar-refractivity contribution is 6.22. The average molecular weight is 433 g/mol. The molecule has 0 bridgehead atoms. The summed E-state index contributed by atoms with van der Waals surface area (Å²) in [5.41, 5.74) is 5.35. The van der Waals surface area contributed by atoms with Crippen LogP contribution in [-0.2, 0) is 11.2 Å². The molecule has 1 atom stereocenters. The second-order valence-corrected chi connectivity index (χ2v) is 8.15. The molecule has 1 aliphatic rings. The molecule has 33 heavy (non-hydrogen) atoms. The van der Waals surface area contributed by atoms with Crippen LogP contribution >= 0.6 is 0 Å². The van der Waals surface area contributed by atoms with Crippen LogP contribution in [0.25, 0.3) is 11.1 Å². The summed E-state index contributed by atoms with van der Waals surface area (Å²) in [4.78, 5) is 13.7. The Morgan fingerprint density at radius 3 is 2.18 bits per heavy atom. The SMILES string of the molecule is O=C1C(CCc2ccccc2)C(c2ccccc2)=NN1c1ccccc1-c1cccc(O)c1. The van der Waals surface area contributed by atoms with Crippen LogP contribution in [0.1, 0.15) is 17.5 Å². The molecule has 0 saturated carbocycles. The highest BCUT2D eigenvalue weighted by Gasteiger charge is 2.37. The van der Waals surface area contributed by atoms with E-state index in [0.29, 0.717) is 12.1 Å². The first-order chi connectivity index (χ1) is 16.2. The van der Waals surface area contributed by atoms with E-state index in [1.807, 2.05) is 78.9 Å². The van der Waals surface area contributed by atoms with Gasteiger partial charge in [-0.1, -0.05) is 91.0 Å². The molecule has 1 unspecified atom stereocenters. The van der Waals surface area contributed by atoms with Crippen LogP contribution in [0.3, 0.4) is 0 Å². The molecule has 1 aliphatic heterocycles. The standard InChI is InChI=1S/C29H24N2O2/c32-24-15-9-14-23(20-24)25-16-7-8-17-27(25)31-29(33)26(19-18-21-10-3-1-4-11-21)28(30-31)22-12-5-2-6-13-22/h1-17,20,26,32H,18-19H2. The Hall–Kier alpha value is -4.18. The molecule has 4 aromatic carbocycles. The molecule has 162 valence electrons. The van der Waals surface area contributed by atoms with E-state index in [9.17, 15) is 9.90 Å². The fourth-order valence-corrected chi connectivity index (χ4v) is 4.32. The fourth-order valence-electron chi connectivity index (χ4n) is 4.32. The Morgan fingerprint density at radius 1 is 0.758 bits per heavy atom. The lowest BCUT2D eigenvalue weighted by Gasteiger charge is -2.18. The van der Waals surface area contributed by atoms with Crippen molar-refractivity contribution in [2.45, 2.75) is 12.8 Å². The normalized spacial score (nSPS) is 15.5. The van der Waals surface area contributed by atoms with E-state index in [1.165, 1.54) is 10.6 Å². The predicted molar refractivity (Wildman–Crippen MR) is 132 cm³/mol. The maximum atomic E-state index is 13.7. The van der Waals surface area contributed by atoms with Crippen LogP contribution in [0.4, 0.5) is 5.69 Å². The molecule has 1 heterocycles. The number of carbonyl (C=O) groups is 1. The number of amides is 1. The number of phenolic OH excluding ortho intramolecular Hbond substituents is 1. The Kier molecular flexibility index (Phi) is 5.73. The van der Waals surface area contributed by atoms with Crippen molar-refractivity contribution in [2.75, 3.05) is 5.01 Å². The third kappa shape index (κ3) is 4.28. The highest BCUT2D eigenvalue weighted by atomic mass is 16.3. The predicted octanol–water partition coefficient (Wildman–Crippen LogP) is 6.06. The second kappa shape index (κ2) is 9.13. The van der Waals surface area contributed by atoms with Crippen molar-refractivity contribution in [1.82, 2.24) is 0 Å². The third-order valence-electron chi connectivity index (χ3n) is 5.97. The van der Waals surface area contributed by atoms with E-state index in [4.69, 9.17) is 5.10 Å². The topological polar surface area (TPSA) is 52.9 Å². The summed E-state index contributed by atoms with van der Waals surface area (Å²) >= 11 is 0.